The first-order valence-electron chi connectivity index (χ1n) is 5.74. The average molecular weight is 243 g/mol. The van der Waals surface area contributed by atoms with E-state index in [1.54, 1.807) is 11.9 Å². The Balaban J connectivity index is 3.07. The summed E-state index contributed by atoms with van der Waals surface area (Å²) in [6, 6.07) is 0. The monoisotopic (exact) mass is 243 g/mol. The smallest absolute Gasteiger partial charge is 0.303 e. The Hall–Kier alpha value is -0.330. The van der Waals surface area contributed by atoms with Gasteiger partial charge in [0.15, 0.2) is 0 Å². The Kier molecular flexibility index (Phi) is 4.20. The van der Waals surface area contributed by atoms with E-state index in [1.807, 2.05) is 18.5 Å². The molecular weight excluding hydrogens is 221 g/mol. The minimum absolute atomic E-state index is 0.0549. The van der Waals surface area contributed by atoms with E-state index < -0.39 is 7.52 Å². The third-order valence-electron chi connectivity index (χ3n) is 2.59. The summed E-state index contributed by atoms with van der Waals surface area (Å²) >= 11 is 0. The fraction of sp³-hybridized carbons (Fsp3) is 0.750. The number of allylic oxidation sites excluding steroid dienone is 1. The number of hydrogen-bond donors (Lipinski definition) is 0. The van der Waals surface area contributed by atoms with Crippen molar-refractivity contribution in [1.29, 1.82) is 0 Å². The molecule has 0 aliphatic carbocycles. The molecule has 1 rings (SSSR count). The Morgan fingerprint density at radius 1 is 1.50 bits per heavy atom. The molecule has 1 aliphatic rings. The number of rotatable bonds is 1. The van der Waals surface area contributed by atoms with Crippen LogP contribution in [-0.4, -0.2) is 22.9 Å². The van der Waals surface area contributed by atoms with Gasteiger partial charge in [0, 0.05) is 12.1 Å². The van der Waals surface area contributed by atoms with Crippen LogP contribution in [-0.2, 0) is 9.09 Å². The van der Waals surface area contributed by atoms with Crippen LogP contribution in [0.15, 0.2) is 17.6 Å². The van der Waals surface area contributed by atoms with Crippen LogP contribution in [0.2, 0.25) is 0 Å². The molecule has 1 heterocycles. The number of nitrogens with zero attached hydrogens (tertiary/aromatic N) is 1. The highest BCUT2D eigenvalue weighted by atomic mass is 31.2. The normalized spacial score (nSPS) is 31.9. The Morgan fingerprint density at radius 2 is 2.12 bits per heavy atom. The summed E-state index contributed by atoms with van der Waals surface area (Å²) in [5.74, 6) is 1.59. The van der Waals surface area contributed by atoms with Gasteiger partial charge in [0.2, 0.25) is 0 Å². The zero-order valence-electron chi connectivity index (χ0n) is 10.9. The van der Waals surface area contributed by atoms with Crippen molar-refractivity contribution < 1.29 is 9.09 Å². The van der Waals surface area contributed by atoms with Crippen LogP contribution in [0.3, 0.4) is 0 Å². The second-order valence-corrected chi connectivity index (χ2v) is 7.23. The van der Waals surface area contributed by atoms with Gasteiger partial charge in [0.1, 0.15) is 0 Å². The third-order valence-corrected chi connectivity index (χ3v) is 5.20. The van der Waals surface area contributed by atoms with E-state index in [4.69, 9.17) is 4.52 Å². The molecule has 0 unspecified atom stereocenters. The summed E-state index contributed by atoms with van der Waals surface area (Å²) in [4.78, 5) is 0. The maximum absolute atomic E-state index is 12.7. The molecule has 0 N–H and O–H groups in total. The first kappa shape index (κ1) is 13.7. The van der Waals surface area contributed by atoms with Gasteiger partial charge in [-0.3, -0.25) is 4.57 Å². The van der Waals surface area contributed by atoms with Crippen molar-refractivity contribution in [3.8, 4) is 0 Å². The topological polar surface area (TPSA) is 29.5 Å². The van der Waals surface area contributed by atoms with E-state index in [-0.39, 0.29) is 11.6 Å². The molecule has 0 amide bonds. The zero-order chi connectivity index (χ0) is 12.4. The lowest BCUT2D eigenvalue weighted by Crippen LogP contribution is -2.43. The minimum Gasteiger partial charge on any atom is -0.311 e. The molecule has 0 radical (unpaired) electrons. The van der Waals surface area contributed by atoms with Crippen molar-refractivity contribution >= 4 is 7.52 Å². The second kappa shape index (κ2) is 4.89. The quantitative estimate of drug-likeness (QED) is 0.518. The molecular formula is C12H22NO2P. The highest BCUT2D eigenvalue weighted by Gasteiger charge is 2.41. The average Bonchev–Trinajstić information content (AvgIpc) is 2.12. The van der Waals surface area contributed by atoms with Crippen molar-refractivity contribution in [2.45, 2.75) is 52.7 Å². The van der Waals surface area contributed by atoms with Crippen molar-refractivity contribution in [3.63, 3.8) is 0 Å². The Morgan fingerprint density at radius 3 is 2.62 bits per heavy atom. The van der Waals surface area contributed by atoms with Crippen LogP contribution in [0, 0.1) is 0 Å². The summed E-state index contributed by atoms with van der Waals surface area (Å²) in [5, 5.41) is 0. The molecule has 0 aromatic heterocycles. The van der Waals surface area contributed by atoms with Crippen LogP contribution in [0.1, 0.15) is 41.0 Å². The SMILES string of the molecule is CC=C=C[P@@]1(=O)O[C@@H](C)CCN1C(C)(C)C. The van der Waals surface area contributed by atoms with Gasteiger partial charge in [0.05, 0.1) is 11.9 Å². The van der Waals surface area contributed by atoms with Crippen molar-refractivity contribution in [3.05, 3.63) is 17.6 Å². The van der Waals surface area contributed by atoms with E-state index in [0.29, 0.717) is 0 Å². The molecule has 0 bridgehead atoms. The van der Waals surface area contributed by atoms with Gasteiger partial charge >= 0.3 is 7.52 Å². The molecule has 2 atom stereocenters. The third kappa shape index (κ3) is 3.09. The standard InChI is InChI=1S/C12H22NO2P/c1-6-7-10-16(14)13(12(3,4)5)9-8-11(2)15-16/h6,10-11H,8-9H2,1-5H3/t7?,11-,16+/m0/s1. The minimum atomic E-state index is -2.85. The highest BCUT2D eigenvalue weighted by molar-refractivity contribution is 7.59. The first-order chi connectivity index (χ1) is 7.29. The maximum atomic E-state index is 12.7. The fourth-order valence-corrected chi connectivity index (χ4v) is 4.34. The van der Waals surface area contributed by atoms with Gasteiger partial charge in [-0.25, -0.2) is 4.67 Å². The molecule has 0 aromatic carbocycles. The molecule has 0 aromatic rings. The molecule has 4 heteroatoms. The lowest BCUT2D eigenvalue weighted by atomic mass is 10.1. The molecule has 0 spiro atoms. The van der Waals surface area contributed by atoms with Crippen LogP contribution < -0.4 is 0 Å². The summed E-state index contributed by atoms with van der Waals surface area (Å²) in [5.41, 5.74) is 2.75. The molecule has 0 saturated carbocycles. The fourth-order valence-electron chi connectivity index (χ4n) is 1.83. The molecule has 16 heavy (non-hydrogen) atoms. The summed E-state index contributed by atoms with van der Waals surface area (Å²) in [7, 11) is -2.85. The highest BCUT2D eigenvalue weighted by Crippen LogP contribution is 2.58. The van der Waals surface area contributed by atoms with E-state index in [9.17, 15) is 4.57 Å². The van der Waals surface area contributed by atoms with Gasteiger partial charge in [-0.2, -0.15) is 0 Å². The van der Waals surface area contributed by atoms with Crippen LogP contribution >= 0.6 is 7.52 Å². The predicted molar refractivity (Wildman–Crippen MR) is 67.6 cm³/mol. The molecule has 3 nitrogen and oxygen atoms in total. The zero-order valence-corrected chi connectivity index (χ0v) is 11.8. The van der Waals surface area contributed by atoms with Gasteiger partial charge in [-0.15, -0.1) is 5.73 Å². The maximum Gasteiger partial charge on any atom is 0.303 e. The van der Waals surface area contributed by atoms with Crippen molar-refractivity contribution in [1.82, 2.24) is 4.67 Å². The Bertz CT molecular complexity index is 351. The van der Waals surface area contributed by atoms with Gasteiger partial charge < -0.3 is 4.52 Å². The summed E-state index contributed by atoms with van der Waals surface area (Å²) < 4.78 is 20.4. The predicted octanol–water partition coefficient (Wildman–Crippen LogP) is 3.78. The molecule has 1 fully saturated rings. The molecule has 1 saturated heterocycles. The summed E-state index contributed by atoms with van der Waals surface area (Å²) in [6.07, 6.45) is 2.73. The Labute approximate surface area is 98.7 Å². The van der Waals surface area contributed by atoms with E-state index in [2.05, 4.69) is 26.5 Å². The molecule has 1 aliphatic heterocycles. The lowest BCUT2D eigenvalue weighted by molar-refractivity contribution is 0.105. The number of hydrogen-bond acceptors (Lipinski definition) is 2. The lowest BCUT2D eigenvalue weighted by Gasteiger charge is -2.43. The van der Waals surface area contributed by atoms with Crippen LogP contribution in [0.25, 0.3) is 0 Å². The van der Waals surface area contributed by atoms with E-state index in [1.165, 1.54) is 0 Å². The van der Waals surface area contributed by atoms with Gasteiger partial charge in [0.25, 0.3) is 0 Å². The van der Waals surface area contributed by atoms with E-state index in [0.717, 1.165) is 13.0 Å². The summed E-state index contributed by atoms with van der Waals surface area (Å²) in [6.45, 7) is 10.8. The first-order valence-corrected chi connectivity index (χ1v) is 7.39. The van der Waals surface area contributed by atoms with Crippen molar-refractivity contribution in [2.75, 3.05) is 6.54 Å². The van der Waals surface area contributed by atoms with Crippen LogP contribution in [0.4, 0.5) is 0 Å². The van der Waals surface area contributed by atoms with E-state index >= 15 is 0 Å². The van der Waals surface area contributed by atoms with Gasteiger partial charge in [-0.1, -0.05) is 0 Å². The van der Waals surface area contributed by atoms with Gasteiger partial charge in [-0.05, 0) is 47.1 Å². The van der Waals surface area contributed by atoms with Crippen molar-refractivity contribution in [2.24, 2.45) is 0 Å². The molecule has 92 valence electrons. The second-order valence-electron chi connectivity index (χ2n) is 5.15. The van der Waals surface area contributed by atoms with Crippen LogP contribution in [0.5, 0.6) is 0 Å². The largest absolute Gasteiger partial charge is 0.311 e.